The Labute approximate surface area is 82.5 Å². The highest BCUT2D eigenvalue weighted by molar-refractivity contribution is 5.32. The number of hydrogen-bond acceptors (Lipinski definition) is 4. The van der Waals surface area contributed by atoms with Crippen LogP contribution in [0.1, 0.15) is 12.0 Å². The monoisotopic (exact) mass is 189 g/mol. The zero-order valence-corrected chi connectivity index (χ0v) is 7.73. The van der Waals surface area contributed by atoms with E-state index in [1.165, 1.54) is 6.20 Å². The normalized spacial score (nSPS) is 19.5. The third kappa shape index (κ3) is 2.01. The SMILES string of the molecule is N#Cc1cncc(OC[C@H]2CCN2)c1. The molecule has 1 aliphatic heterocycles. The summed E-state index contributed by atoms with van der Waals surface area (Å²) in [6, 6.07) is 4.18. The Morgan fingerprint density at radius 1 is 1.64 bits per heavy atom. The Bertz CT molecular complexity index is 355. The van der Waals surface area contributed by atoms with Gasteiger partial charge in [0.05, 0.1) is 11.8 Å². The number of nitriles is 1. The molecule has 1 fully saturated rings. The van der Waals surface area contributed by atoms with E-state index in [0.717, 1.165) is 13.0 Å². The van der Waals surface area contributed by atoms with Crippen LogP contribution in [0.5, 0.6) is 5.75 Å². The Kier molecular flexibility index (Phi) is 2.61. The molecule has 0 saturated carbocycles. The number of aromatic nitrogens is 1. The second kappa shape index (κ2) is 4.07. The summed E-state index contributed by atoms with van der Waals surface area (Å²) in [6.45, 7) is 1.72. The standard InChI is InChI=1S/C10H11N3O/c11-4-8-3-10(6-12-5-8)14-7-9-1-2-13-9/h3,5-6,9,13H,1-2,7H2/t9-/m1/s1. The zero-order valence-electron chi connectivity index (χ0n) is 7.73. The summed E-state index contributed by atoms with van der Waals surface area (Å²) in [6.07, 6.45) is 4.30. The summed E-state index contributed by atoms with van der Waals surface area (Å²) in [7, 11) is 0. The molecule has 4 nitrogen and oxygen atoms in total. The number of rotatable bonds is 3. The van der Waals surface area contributed by atoms with Gasteiger partial charge in [-0.3, -0.25) is 4.98 Å². The molecule has 0 unspecified atom stereocenters. The van der Waals surface area contributed by atoms with Crippen molar-refractivity contribution in [3.8, 4) is 11.8 Å². The molecule has 1 aromatic heterocycles. The van der Waals surface area contributed by atoms with Gasteiger partial charge in [0.25, 0.3) is 0 Å². The van der Waals surface area contributed by atoms with Gasteiger partial charge < -0.3 is 10.1 Å². The fourth-order valence-corrected chi connectivity index (χ4v) is 1.25. The van der Waals surface area contributed by atoms with E-state index in [2.05, 4.69) is 10.3 Å². The molecule has 1 aromatic rings. The first-order valence-electron chi connectivity index (χ1n) is 4.60. The maximum atomic E-state index is 8.64. The van der Waals surface area contributed by atoms with Crippen LogP contribution in [0.15, 0.2) is 18.5 Å². The van der Waals surface area contributed by atoms with E-state index in [0.29, 0.717) is 24.0 Å². The van der Waals surface area contributed by atoms with Crippen LogP contribution in [0.25, 0.3) is 0 Å². The van der Waals surface area contributed by atoms with Crippen LogP contribution >= 0.6 is 0 Å². The van der Waals surface area contributed by atoms with Crippen LogP contribution in [0.2, 0.25) is 0 Å². The molecule has 0 radical (unpaired) electrons. The molecular weight excluding hydrogens is 178 g/mol. The van der Waals surface area contributed by atoms with Crippen molar-refractivity contribution in [3.05, 3.63) is 24.0 Å². The molecule has 0 bridgehead atoms. The first-order valence-corrected chi connectivity index (χ1v) is 4.60. The van der Waals surface area contributed by atoms with Crippen molar-refractivity contribution in [3.63, 3.8) is 0 Å². The number of nitrogens with one attached hydrogen (secondary N) is 1. The Morgan fingerprint density at radius 3 is 3.14 bits per heavy atom. The Morgan fingerprint density at radius 2 is 2.50 bits per heavy atom. The lowest BCUT2D eigenvalue weighted by molar-refractivity contribution is 0.217. The molecule has 1 saturated heterocycles. The minimum Gasteiger partial charge on any atom is -0.490 e. The van der Waals surface area contributed by atoms with Crippen molar-refractivity contribution < 1.29 is 4.74 Å². The maximum absolute atomic E-state index is 8.64. The zero-order chi connectivity index (χ0) is 9.80. The number of ether oxygens (including phenoxy) is 1. The van der Waals surface area contributed by atoms with E-state index in [1.54, 1.807) is 12.3 Å². The van der Waals surface area contributed by atoms with Crippen molar-refractivity contribution in [1.29, 1.82) is 5.26 Å². The summed E-state index contributed by atoms with van der Waals surface area (Å²) in [5.74, 6) is 0.665. The molecule has 2 heterocycles. The number of nitrogens with zero attached hydrogens (tertiary/aromatic N) is 2. The average Bonchev–Trinajstić information content (AvgIpc) is 2.16. The van der Waals surface area contributed by atoms with Crippen LogP contribution in [0, 0.1) is 11.3 Å². The minimum atomic E-state index is 0.459. The van der Waals surface area contributed by atoms with Gasteiger partial charge in [-0.15, -0.1) is 0 Å². The molecule has 72 valence electrons. The van der Waals surface area contributed by atoms with E-state index in [4.69, 9.17) is 10.00 Å². The van der Waals surface area contributed by atoms with Crippen LogP contribution in [0.4, 0.5) is 0 Å². The molecule has 0 aliphatic carbocycles. The molecule has 14 heavy (non-hydrogen) atoms. The quantitative estimate of drug-likeness (QED) is 0.760. The van der Waals surface area contributed by atoms with Gasteiger partial charge >= 0.3 is 0 Å². The molecule has 2 rings (SSSR count). The smallest absolute Gasteiger partial charge is 0.138 e. The summed E-state index contributed by atoms with van der Waals surface area (Å²) >= 11 is 0. The molecule has 0 aromatic carbocycles. The van der Waals surface area contributed by atoms with Crippen molar-refractivity contribution in [2.75, 3.05) is 13.2 Å². The third-order valence-corrected chi connectivity index (χ3v) is 2.22. The van der Waals surface area contributed by atoms with Gasteiger partial charge in [0.2, 0.25) is 0 Å². The van der Waals surface area contributed by atoms with Gasteiger partial charge in [-0.1, -0.05) is 0 Å². The number of hydrogen-bond donors (Lipinski definition) is 1. The van der Waals surface area contributed by atoms with Crippen LogP contribution in [-0.2, 0) is 0 Å². The molecule has 1 N–H and O–H groups in total. The lowest BCUT2D eigenvalue weighted by Gasteiger charge is -2.27. The minimum absolute atomic E-state index is 0.459. The fourth-order valence-electron chi connectivity index (χ4n) is 1.25. The lowest BCUT2D eigenvalue weighted by atomic mass is 10.1. The van der Waals surface area contributed by atoms with Crippen molar-refractivity contribution in [1.82, 2.24) is 10.3 Å². The highest BCUT2D eigenvalue weighted by Gasteiger charge is 2.16. The van der Waals surface area contributed by atoms with E-state index < -0.39 is 0 Å². The second-order valence-electron chi connectivity index (χ2n) is 3.27. The van der Waals surface area contributed by atoms with E-state index in [1.807, 2.05) is 6.07 Å². The van der Waals surface area contributed by atoms with Crippen molar-refractivity contribution in [2.45, 2.75) is 12.5 Å². The predicted molar refractivity (Wildman–Crippen MR) is 50.9 cm³/mol. The van der Waals surface area contributed by atoms with Gasteiger partial charge in [0.1, 0.15) is 18.4 Å². The summed E-state index contributed by atoms with van der Waals surface area (Å²) in [5.41, 5.74) is 0.532. The molecular formula is C10H11N3O. The first-order chi connectivity index (χ1) is 6.88. The van der Waals surface area contributed by atoms with Gasteiger partial charge in [0, 0.05) is 18.3 Å². The highest BCUT2D eigenvalue weighted by Crippen LogP contribution is 2.12. The summed E-state index contributed by atoms with van der Waals surface area (Å²) in [4.78, 5) is 3.91. The molecule has 0 amide bonds. The summed E-state index contributed by atoms with van der Waals surface area (Å²) in [5, 5.41) is 11.9. The van der Waals surface area contributed by atoms with Crippen LogP contribution < -0.4 is 10.1 Å². The fraction of sp³-hybridized carbons (Fsp3) is 0.400. The molecule has 4 heteroatoms. The second-order valence-corrected chi connectivity index (χ2v) is 3.27. The summed E-state index contributed by atoms with van der Waals surface area (Å²) < 4.78 is 5.48. The van der Waals surface area contributed by atoms with Gasteiger partial charge in [-0.2, -0.15) is 5.26 Å². The van der Waals surface area contributed by atoms with Crippen molar-refractivity contribution >= 4 is 0 Å². The topological polar surface area (TPSA) is 57.9 Å². The number of pyridine rings is 1. The largest absolute Gasteiger partial charge is 0.490 e. The Balaban J connectivity index is 1.91. The van der Waals surface area contributed by atoms with Crippen LogP contribution in [-0.4, -0.2) is 24.2 Å². The highest BCUT2D eigenvalue weighted by atomic mass is 16.5. The van der Waals surface area contributed by atoms with E-state index in [-0.39, 0.29) is 0 Å². The third-order valence-electron chi connectivity index (χ3n) is 2.22. The first kappa shape index (κ1) is 8.97. The van der Waals surface area contributed by atoms with Gasteiger partial charge in [-0.05, 0) is 13.0 Å². The lowest BCUT2D eigenvalue weighted by Crippen LogP contribution is -2.46. The average molecular weight is 189 g/mol. The van der Waals surface area contributed by atoms with E-state index in [9.17, 15) is 0 Å². The Hall–Kier alpha value is -1.60. The van der Waals surface area contributed by atoms with Crippen LogP contribution in [0.3, 0.4) is 0 Å². The van der Waals surface area contributed by atoms with E-state index >= 15 is 0 Å². The molecule has 1 atom stereocenters. The van der Waals surface area contributed by atoms with Crippen molar-refractivity contribution in [2.24, 2.45) is 0 Å². The van der Waals surface area contributed by atoms with Gasteiger partial charge in [0.15, 0.2) is 0 Å². The predicted octanol–water partition coefficient (Wildman–Crippen LogP) is 0.694. The molecule has 1 aliphatic rings. The van der Waals surface area contributed by atoms with Gasteiger partial charge in [-0.25, -0.2) is 0 Å². The maximum Gasteiger partial charge on any atom is 0.138 e. The molecule has 0 spiro atoms.